The average molecular weight is 529 g/mol. The molecule has 0 saturated carbocycles. The lowest BCUT2D eigenvalue weighted by atomic mass is 9.89. The number of nitrogens with zero attached hydrogens (tertiary/aromatic N) is 1. The summed E-state index contributed by atoms with van der Waals surface area (Å²) in [6, 6.07) is 2.97. The lowest BCUT2D eigenvalue weighted by molar-refractivity contribution is -0.256. The minimum Gasteiger partial charge on any atom is -0.506 e. The molecule has 1 aliphatic rings. The molecule has 12 heteroatoms. The van der Waals surface area contributed by atoms with Crippen molar-refractivity contribution in [2.24, 2.45) is 11.1 Å². The van der Waals surface area contributed by atoms with Crippen molar-refractivity contribution in [3.8, 4) is 36.4 Å². The van der Waals surface area contributed by atoms with Crippen LogP contribution in [0.1, 0.15) is 38.3 Å². The first-order valence-electron chi connectivity index (χ1n) is 11.6. The van der Waals surface area contributed by atoms with Gasteiger partial charge < -0.3 is 33.7 Å². The van der Waals surface area contributed by atoms with E-state index in [1.54, 1.807) is 13.8 Å². The number of hydrogen-bond donors (Lipinski definition) is 3. The molecule has 0 radical (unpaired) electrons. The molecule has 1 aromatic heterocycles. The molecule has 0 spiro atoms. The van der Waals surface area contributed by atoms with Gasteiger partial charge in [-0.25, -0.2) is 9.59 Å². The van der Waals surface area contributed by atoms with Crippen LogP contribution in [0.4, 0.5) is 4.79 Å². The van der Waals surface area contributed by atoms with Gasteiger partial charge in [-0.1, -0.05) is 31.3 Å². The Labute approximate surface area is 218 Å². The fourth-order valence-corrected chi connectivity index (χ4v) is 4.11. The van der Waals surface area contributed by atoms with E-state index in [9.17, 15) is 19.8 Å². The van der Waals surface area contributed by atoms with E-state index < -0.39 is 42.2 Å². The number of aryl methyl sites for hydroxylation is 1. The van der Waals surface area contributed by atoms with Crippen molar-refractivity contribution in [2.45, 2.75) is 58.7 Å². The lowest BCUT2D eigenvalue weighted by Gasteiger charge is -2.42. The van der Waals surface area contributed by atoms with Crippen LogP contribution in [0.5, 0.6) is 11.5 Å². The predicted molar refractivity (Wildman–Crippen MR) is 134 cm³/mol. The summed E-state index contributed by atoms with van der Waals surface area (Å²) >= 11 is 0. The quantitative estimate of drug-likeness (QED) is 0.153. The third-order valence-electron chi connectivity index (χ3n) is 6.08. The van der Waals surface area contributed by atoms with Gasteiger partial charge in [-0.05, 0) is 32.4 Å². The van der Waals surface area contributed by atoms with Gasteiger partial charge >= 0.3 is 11.7 Å². The van der Waals surface area contributed by atoms with Gasteiger partial charge in [-0.15, -0.1) is 6.42 Å². The van der Waals surface area contributed by atoms with Crippen LogP contribution in [-0.4, -0.2) is 53.2 Å². The molecule has 5 atom stereocenters. The number of ether oxygens (including phenoxy) is 3. The second-order valence-corrected chi connectivity index (χ2v) is 8.45. The summed E-state index contributed by atoms with van der Waals surface area (Å²) in [5.74, 6) is 1.59. The number of aliphatic hydroxyl groups is 1. The van der Waals surface area contributed by atoms with Crippen LogP contribution in [0.2, 0.25) is 0 Å². The molecule has 4 unspecified atom stereocenters. The van der Waals surface area contributed by atoms with Crippen LogP contribution in [0.25, 0.3) is 11.0 Å². The third-order valence-corrected chi connectivity index (χ3v) is 6.08. The summed E-state index contributed by atoms with van der Waals surface area (Å²) in [6.45, 7) is 6.46. The van der Waals surface area contributed by atoms with Crippen molar-refractivity contribution < 1.29 is 43.3 Å². The Morgan fingerprint density at radius 3 is 2.71 bits per heavy atom. The number of rotatable bonds is 8. The lowest BCUT2D eigenvalue weighted by Crippen LogP contribution is -2.57. The van der Waals surface area contributed by atoms with Gasteiger partial charge in [-0.3, -0.25) is 4.84 Å². The molecule has 202 valence electrons. The van der Waals surface area contributed by atoms with Crippen LogP contribution in [0, 0.1) is 37.7 Å². The molecule has 0 bridgehead atoms. The van der Waals surface area contributed by atoms with E-state index in [1.807, 2.05) is 18.5 Å². The van der Waals surface area contributed by atoms with Crippen molar-refractivity contribution in [3.63, 3.8) is 0 Å². The normalized spacial score (nSPS) is 23.2. The van der Waals surface area contributed by atoms with Gasteiger partial charge in [-0.2, -0.15) is 5.48 Å². The predicted octanol–water partition coefficient (Wildman–Crippen LogP) is 2.31. The highest BCUT2D eigenvalue weighted by Gasteiger charge is 2.46. The maximum Gasteiger partial charge on any atom is 0.431 e. The maximum absolute atomic E-state index is 12.7. The zero-order valence-electron chi connectivity index (χ0n) is 21.2. The van der Waals surface area contributed by atoms with Crippen LogP contribution in [0.15, 0.2) is 26.5 Å². The second kappa shape index (κ2) is 12.3. The van der Waals surface area contributed by atoms with Crippen LogP contribution in [-0.2, 0) is 19.1 Å². The zero-order chi connectivity index (χ0) is 28.0. The number of nitrogens with one attached hydrogen (secondary N) is 1. The van der Waals surface area contributed by atoms with Crippen LogP contribution < -0.4 is 15.8 Å². The summed E-state index contributed by atoms with van der Waals surface area (Å²) < 4.78 is 22.8. The van der Waals surface area contributed by atoms with E-state index >= 15 is 0 Å². The van der Waals surface area contributed by atoms with Crippen LogP contribution >= 0.6 is 0 Å². The van der Waals surface area contributed by atoms with E-state index in [0.717, 1.165) is 0 Å². The molecule has 1 saturated heterocycles. The topological polar surface area (TPSA) is 158 Å². The van der Waals surface area contributed by atoms with Gasteiger partial charge in [0, 0.05) is 11.5 Å². The molecule has 38 heavy (non-hydrogen) atoms. The number of carbonyl (C=O) groups excluding carboxylic acids is 1. The molecule has 12 nitrogen and oxygen atoms in total. The van der Waals surface area contributed by atoms with Gasteiger partial charge in [0.2, 0.25) is 6.29 Å². The molecule has 3 rings (SSSR count). The average Bonchev–Trinajstić information content (AvgIpc) is 2.89. The number of amides is 1. The van der Waals surface area contributed by atoms with Crippen molar-refractivity contribution in [2.75, 3.05) is 6.61 Å². The summed E-state index contributed by atoms with van der Waals surface area (Å²) in [7, 11) is 0. The largest absolute Gasteiger partial charge is 0.506 e. The minimum atomic E-state index is -1.25. The highest BCUT2D eigenvalue weighted by atomic mass is 16.7. The highest BCUT2D eigenvalue weighted by Crippen LogP contribution is 2.36. The molecular weight excluding hydrogens is 500 g/mol. The van der Waals surface area contributed by atoms with E-state index in [-0.39, 0.29) is 40.4 Å². The number of aliphatic hydroxyl groups excluding tert-OH is 1. The number of oxime groups is 1. The minimum absolute atomic E-state index is 0.0166. The SMILES string of the molecule is C#CCONC(=O)OC1C(Oc2ccc3c(O)c(/C(C)=N/OC#C)c(=O)oc3c2C)O[C@@H](CC)C(C)C1O. The maximum atomic E-state index is 12.7. The third kappa shape index (κ3) is 5.84. The van der Waals surface area contributed by atoms with Gasteiger partial charge in [0.1, 0.15) is 41.5 Å². The fourth-order valence-electron chi connectivity index (χ4n) is 4.11. The molecular formula is C26H28N2O10. The van der Waals surface area contributed by atoms with Crippen molar-refractivity contribution in [1.29, 1.82) is 0 Å². The second-order valence-electron chi connectivity index (χ2n) is 8.45. The smallest absolute Gasteiger partial charge is 0.431 e. The highest BCUT2D eigenvalue weighted by molar-refractivity contribution is 6.04. The molecule has 0 aliphatic carbocycles. The van der Waals surface area contributed by atoms with Gasteiger partial charge in [0.25, 0.3) is 0 Å². The number of benzene rings is 1. The molecule has 1 fully saturated rings. The van der Waals surface area contributed by atoms with Gasteiger partial charge in [0.05, 0.1) is 17.2 Å². The Kier molecular flexibility index (Phi) is 9.20. The first kappa shape index (κ1) is 28.3. The number of fused-ring (bicyclic) bond motifs is 1. The van der Waals surface area contributed by atoms with E-state index in [1.165, 1.54) is 19.1 Å². The summed E-state index contributed by atoms with van der Waals surface area (Å²) in [5, 5.41) is 25.4. The molecule has 2 aromatic rings. The number of aromatic hydroxyl groups is 1. The zero-order valence-corrected chi connectivity index (χ0v) is 21.2. The Balaban J connectivity index is 1.97. The molecule has 2 heterocycles. The number of hydrogen-bond acceptors (Lipinski definition) is 11. The van der Waals surface area contributed by atoms with E-state index in [2.05, 4.69) is 15.9 Å². The van der Waals surface area contributed by atoms with Crippen molar-refractivity contribution in [3.05, 3.63) is 33.7 Å². The van der Waals surface area contributed by atoms with Crippen molar-refractivity contribution in [1.82, 2.24) is 5.48 Å². The van der Waals surface area contributed by atoms with Crippen LogP contribution in [0.3, 0.4) is 0 Å². The number of hydroxylamine groups is 1. The molecule has 1 amide bonds. The summed E-state index contributed by atoms with van der Waals surface area (Å²) in [6.07, 6.45) is 7.43. The molecule has 1 aromatic carbocycles. The first-order valence-corrected chi connectivity index (χ1v) is 11.6. The summed E-state index contributed by atoms with van der Waals surface area (Å²) in [5.41, 5.74) is 1.31. The Morgan fingerprint density at radius 1 is 1.32 bits per heavy atom. The van der Waals surface area contributed by atoms with Crippen molar-refractivity contribution >= 4 is 22.8 Å². The number of carbonyl (C=O) groups is 1. The number of terminal acetylenes is 2. The Bertz CT molecular complexity index is 1350. The van der Waals surface area contributed by atoms with Gasteiger partial charge in [0.15, 0.2) is 6.10 Å². The Hall–Kier alpha value is -4.23. The van der Waals surface area contributed by atoms with E-state index in [4.69, 9.17) is 36.3 Å². The Morgan fingerprint density at radius 2 is 2.05 bits per heavy atom. The fraction of sp³-hybridized carbons (Fsp3) is 0.423. The molecule has 1 aliphatic heterocycles. The standard InChI is InChI=1S/C26H28N2O10/c1-7-12-34-28-26(32)38-23-20(29)13(4)17(8-2)35-25(23)36-18-11-10-16-21(30)19(15(6)27-33-9-3)24(31)37-22(16)14(18)5/h1,3,10-11,13,17,20,23,25,29-30H,8,12H2,2,4-6H3,(H,28,32)/b27-15+/t13?,17-,20?,23?,25?/m0/s1. The molecule has 3 N–H and O–H groups in total. The van der Waals surface area contributed by atoms with E-state index in [0.29, 0.717) is 12.0 Å². The monoisotopic (exact) mass is 528 g/mol. The summed E-state index contributed by atoms with van der Waals surface area (Å²) in [4.78, 5) is 34.1. The first-order chi connectivity index (χ1) is 18.1.